The van der Waals surface area contributed by atoms with E-state index in [-0.39, 0.29) is 30.5 Å². The number of likely N-dealkylation sites (tertiary alicyclic amines) is 1. The molecule has 8 nitrogen and oxygen atoms in total. The predicted molar refractivity (Wildman–Crippen MR) is 98.3 cm³/mol. The van der Waals surface area contributed by atoms with Crippen molar-refractivity contribution in [3.63, 3.8) is 0 Å². The highest BCUT2D eigenvalue weighted by Crippen LogP contribution is 2.24. The lowest BCUT2D eigenvalue weighted by Gasteiger charge is -2.44. The van der Waals surface area contributed by atoms with Crippen LogP contribution in [0.25, 0.3) is 0 Å². The topological polar surface area (TPSA) is 84.9 Å². The third-order valence-corrected chi connectivity index (χ3v) is 5.22. The molecule has 2 aliphatic rings. The molecule has 148 valence electrons. The zero-order chi connectivity index (χ0) is 19.2. The molecule has 1 aromatic heterocycles. The molecule has 3 rings (SSSR count). The molecule has 0 spiro atoms. The van der Waals surface area contributed by atoms with E-state index < -0.39 is 0 Å². The summed E-state index contributed by atoms with van der Waals surface area (Å²) < 4.78 is 10.6. The van der Waals surface area contributed by atoms with Crippen LogP contribution in [0.5, 0.6) is 0 Å². The maximum Gasteiger partial charge on any atom is 0.274 e. The number of carbonyl (C=O) groups excluding carboxylic acids is 2. The second-order valence-electron chi connectivity index (χ2n) is 7.17. The number of aryl methyl sites for hydroxylation is 1. The first kappa shape index (κ1) is 19.7. The van der Waals surface area contributed by atoms with E-state index in [1.807, 2.05) is 11.8 Å². The fourth-order valence-electron chi connectivity index (χ4n) is 3.90. The van der Waals surface area contributed by atoms with E-state index in [0.717, 1.165) is 31.4 Å². The average molecular weight is 376 g/mol. The third kappa shape index (κ3) is 4.81. The first-order chi connectivity index (χ1) is 13.1. The highest BCUT2D eigenvalue weighted by atomic mass is 16.5. The Morgan fingerprint density at radius 1 is 1.22 bits per heavy atom. The third-order valence-electron chi connectivity index (χ3n) is 5.22. The van der Waals surface area contributed by atoms with Crippen molar-refractivity contribution >= 4 is 11.8 Å². The molecule has 0 N–H and O–H groups in total. The van der Waals surface area contributed by atoms with Gasteiger partial charge in [-0.05, 0) is 32.6 Å². The van der Waals surface area contributed by atoms with Crippen LogP contribution in [0.3, 0.4) is 0 Å². The highest BCUT2D eigenvalue weighted by Gasteiger charge is 2.35. The lowest BCUT2D eigenvalue weighted by molar-refractivity contribution is -0.143. The maximum absolute atomic E-state index is 12.8. The van der Waals surface area contributed by atoms with Crippen molar-refractivity contribution < 1.29 is 19.1 Å². The number of piperidine rings is 1. The predicted octanol–water partition coefficient (Wildman–Crippen LogP) is 1.04. The molecule has 2 fully saturated rings. The van der Waals surface area contributed by atoms with Crippen LogP contribution in [0, 0.1) is 6.92 Å². The molecule has 0 aromatic carbocycles. The molecular weight excluding hydrogens is 348 g/mol. The van der Waals surface area contributed by atoms with Gasteiger partial charge in [0.05, 0.1) is 11.9 Å². The molecule has 1 atom stereocenters. The van der Waals surface area contributed by atoms with Crippen LogP contribution in [0.15, 0.2) is 12.4 Å². The largest absolute Gasteiger partial charge is 0.381 e. The van der Waals surface area contributed by atoms with Gasteiger partial charge in [0.15, 0.2) is 0 Å². The number of nitrogens with zero attached hydrogens (tertiary/aromatic N) is 4. The Morgan fingerprint density at radius 3 is 2.67 bits per heavy atom. The number of hydrogen-bond acceptors (Lipinski definition) is 6. The Morgan fingerprint density at radius 2 is 2.00 bits per heavy atom. The number of aromatic nitrogens is 2. The van der Waals surface area contributed by atoms with Crippen LogP contribution in [-0.2, 0) is 14.3 Å². The minimum Gasteiger partial charge on any atom is -0.381 e. The fourth-order valence-corrected chi connectivity index (χ4v) is 3.90. The van der Waals surface area contributed by atoms with Gasteiger partial charge in [-0.1, -0.05) is 0 Å². The molecule has 0 aliphatic carbocycles. The van der Waals surface area contributed by atoms with Gasteiger partial charge < -0.3 is 19.3 Å². The molecule has 3 heterocycles. The minimum atomic E-state index is -0.127. The van der Waals surface area contributed by atoms with Gasteiger partial charge in [-0.2, -0.15) is 0 Å². The van der Waals surface area contributed by atoms with E-state index in [2.05, 4.69) is 9.97 Å². The molecule has 8 heteroatoms. The van der Waals surface area contributed by atoms with Crippen LogP contribution in [-0.4, -0.2) is 83.7 Å². The van der Waals surface area contributed by atoms with Crippen LogP contribution in [0.2, 0.25) is 0 Å². The molecule has 27 heavy (non-hydrogen) atoms. The molecule has 0 bridgehead atoms. The lowest BCUT2D eigenvalue weighted by Crippen LogP contribution is -2.56. The summed E-state index contributed by atoms with van der Waals surface area (Å²) in [6.45, 7) is 4.41. The fraction of sp³-hybridized carbons (Fsp3) is 0.684. The van der Waals surface area contributed by atoms with E-state index in [1.54, 1.807) is 11.1 Å². The van der Waals surface area contributed by atoms with Crippen molar-refractivity contribution in [2.75, 3.05) is 40.0 Å². The number of hydrogen-bond donors (Lipinski definition) is 0. The standard InChI is InChI=1S/C19H28N4O4/c1-14-10-21-17(11-20-14)19(25)22-7-3-4-16(12-22)23(18(24)13-26-2)15-5-8-27-9-6-15/h10-11,15-16H,3-9,12-13H2,1-2H3. The minimum absolute atomic E-state index is 0.00754. The normalized spacial score (nSPS) is 21.1. The molecule has 0 radical (unpaired) electrons. The maximum atomic E-state index is 12.8. The summed E-state index contributed by atoms with van der Waals surface area (Å²) in [5, 5.41) is 0. The Hall–Kier alpha value is -2.06. The molecular formula is C19H28N4O4. The van der Waals surface area contributed by atoms with Gasteiger partial charge in [-0.3, -0.25) is 14.6 Å². The van der Waals surface area contributed by atoms with Gasteiger partial charge >= 0.3 is 0 Å². The second kappa shape index (κ2) is 9.23. The molecule has 2 aliphatic heterocycles. The molecule has 1 aromatic rings. The zero-order valence-corrected chi connectivity index (χ0v) is 16.1. The van der Waals surface area contributed by atoms with Gasteiger partial charge in [0.2, 0.25) is 5.91 Å². The van der Waals surface area contributed by atoms with E-state index in [4.69, 9.17) is 9.47 Å². The van der Waals surface area contributed by atoms with E-state index in [9.17, 15) is 9.59 Å². The van der Waals surface area contributed by atoms with Crippen molar-refractivity contribution in [2.45, 2.75) is 44.7 Å². The van der Waals surface area contributed by atoms with Crippen molar-refractivity contribution in [3.05, 3.63) is 23.8 Å². The van der Waals surface area contributed by atoms with E-state index in [1.165, 1.54) is 13.3 Å². The van der Waals surface area contributed by atoms with Gasteiger partial charge in [-0.25, -0.2) is 4.98 Å². The number of methoxy groups -OCH3 is 1. The summed E-state index contributed by atoms with van der Waals surface area (Å²) >= 11 is 0. The summed E-state index contributed by atoms with van der Waals surface area (Å²) in [6, 6.07) is 0.132. The Kier molecular flexibility index (Phi) is 6.73. The molecule has 1 unspecified atom stereocenters. The van der Waals surface area contributed by atoms with Crippen LogP contribution < -0.4 is 0 Å². The molecule has 2 saturated heterocycles. The van der Waals surface area contributed by atoms with E-state index >= 15 is 0 Å². The van der Waals surface area contributed by atoms with Crippen molar-refractivity contribution in [1.82, 2.24) is 19.8 Å². The summed E-state index contributed by atoms with van der Waals surface area (Å²) in [6.07, 6.45) is 6.51. The summed E-state index contributed by atoms with van der Waals surface area (Å²) in [7, 11) is 1.53. The van der Waals surface area contributed by atoms with Gasteiger partial charge in [0.25, 0.3) is 5.91 Å². The smallest absolute Gasteiger partial charge is 0.274 e. The van der Waals surface area contributed by atoms with Crippen LogP contribution in [0.1, 0.15) is 41.9 Å². The first-order valence-electron chi connectivity index (χ1n) is 9.56. The van der Waals surface area contributed by atoms with Gasteiger partial charge in [0.1, 0.15) is 12.3 Å². The Labute approximate surface area is 159 Å². The number of rotatable bonds is 5. The molecule has 0 saturated carbocycles. The monoisotopic (exact) mass is 376 g/mol. The Balaban J connectivity index is 1.73. The lowest BCUT2D eigenvalue weighted by atomic mass is 9.98. The van der Waals surface area contributed by atoms with Crippen molar-refractivity contribution in [2.24, 2.45) is 0 Å². The van der Waals surface area contributed by atoms with Crippen molar-refractivity contribution in [1.29, 1.82) is 0 Å². The Bertz CT molecular complexity index is 646. The first-order valence-corrected chi connectivity index (χ1v) is 9.56. The van der Waals surface area contributed by atoms with Crippen LogP contribution >= 0.6 is 0 Å². The highest BCUT2D eigenvalue weighted by molar-refractivity contribution is 5.92. The van der Waals surface area contributed by atoms with Crippen LogP contribution in [0.4, 0.5) is 0 Å². The summed E-state index contributed by atoms with van der Waals surface area (Å²) in [5.74, 6) is -0.142. The molecule has 2 amide bonds. The number of amides is 2. The quantitative estimate of drug-likeness (QED) is 0.764. The van der Waals surface area contributed by atoms with Crippen molar-refractivity contribution in [3.8, 4) is 0 Å². The number of ether oxygens (including phenoxy) is 2. The zero-order valence-electron chi connectivity index (χ0n) is 16.1. The van der Waals surface area contributed by atoms with E-state index in [0.29, 0.717) is 32.0 Å². The van der Waals surface area contributed by atoms with Gasteiger partial charge in [-0.15, -0.1) is 0 Å². The number of carbonyl (C=O) groups is 2. The summed E-state index contributed by atoms with van der Waals surface area (Å²) in [4.78, 5) is 37.7. The summed E-state index contributed by atoms with van der Waals surface area (Å²) in [5.41, 5.74) is 1.13. The second-order valence-corrected chi connectivity index (χ2v) is 7.17. The van der Waals surface area contributed by atoms with Gasteiger partial charge in [0, 0.05) is 51.7 Å². The SMILES string of the molecule is COCC(=O)N(C1CCOCC1)C1CCCN(C(=O)c2cnc(C)cn2)C1. The average Bonchev–Trinajstić information content (AvgIpc) is 2.69.